The number of benzene rings is 1. The summed E-state index contributed by atoms with van der Waals surface area (Å²) < 4.78 is 0. The Kier molecular flexibility index (Phi) is 3.32. The summed E-state index contributed by atoms with van der Waals surface area (Å²) in [6.07, 6.45) is 1.56. The molecule has 1 unspecified atom stereocenters. The molecule has 0 aliphatic carbocycles. The average Bonchev–Trinajstić information content (AvgIpc) is 2.39. The van der Waals surface area contributed by atoms with Crippen LogP contribution >= 0.6 is 0 Å². The maximum absolute atomic E-state index is 12.2. The molecule has 1 aliphatic rings. The number of carbonyl (C=O) groups is 2. The van der Waals surface area contributed by atoms with Gasteiger partial charge in [-0.3, -0.25) is 14.6 Å². The predicted octanol–water partition coefficient (Wildman–Crippen LogP) is 1.17. The van der Waals surface area contributed by atoms with E-state index in [0.717, 1.165) is 0 Å². The third-order valence-corrected chi connectivity index (χ3v) is 2.75. The second-order valence-corrected chi connectivity index (χ2v) is 3.98. The molecule has 0 saturated heterocycles. The number of rotatable bonds is 2. The van der Waals surface area contributed by atoms with Crippen molar-refractivity contribution in [3.8, 4) is 0 Å². The van der Waals surface area contributed by atoms with Crippen LogP contribution in [0.2, 0.25) is 0 Å². The number of nitrogens with zero attached hydrogens (tertiary/aromatic N) is 2. The van der Waals surface area contributed by atoms with Crippen molar-refractivity contribution >= 4 is 17.9 Å². The highest BCUT2D eigenvalue weighted by Crippen LogP contribution is 2.11. The first kappa shape index (κ1) is 11.5. The molecular formula is C13H14N2O2. The molecule has 1 aromatic carbocycles. The molecule has 0 aromatic heterocycles. The lowest BCUT2D eigenvalue weighted by Crippen LogP contribution is -2.48. The van der Waals surface area contributed by atoms with E-state index in [9.17, 15) is 9.59 Å². The quantitative estimate of drug-likeness (QED) is 0.765. The minimum absolute atomic E-state index is 0.0577. The van der Waals surface area contributed by atoms with E-state index in [1.807, 2.05) is 18.2 Å². The lowest BCUT2D eigenvalue weighted by molar-refractivity contribution is -0.119. The van der Waals surface area contributed by atoms with Gasteiger partial charge in [-0.25, -0.2) is 0 Å². The predicted molar refractivity (Wildman–Crippen MR) is 65.3 cm³/mol. The Morgan fingerprint density at radius 2 is 2.00 bits per heavy atom. The Labute approximate surface area is 100.0 Å². The third kappa shape index (κ3) is 2.41. The summed E-state index contributed by atoms with van der Waals surface area (Å²) in [5.41, 5.74) is 0.606. The third-order valence-electron chi connectivity index (χ3n) is 2.75. The zero-order valence-corrected chi connectivity index (χ0v) is 9.67. The molecule has 4 heteroatoms. The number of amides is 1. The number of carbonyl (C=O) groups excluding carboxylic acids is 2. The molecule has 1 amide bonds. The zero-order chi connectivity index (χ0) is 12.3. The molecule has 88 valence electrons. The maximum Gasteiger partial charge on any atom is 0.254 e. The Bertz CT molecular complexity index is 454. The van der Waals surface area contributed by atoms with E-state index < -0.39 is 6.04 Å². The van der Waals surface area contributed by atoms with Gasteiger partial charge in [0.1, 0.15) is 6.04 Å². The first-order valence-electron chi connectivity index (χ1n) is 5.56. The lowest BCUT2D eigenvalue weighted by Gasteiger charge is -2.30. The maximum atomic E-state index is 12.2. The Hall–Kier alpha value is -1.97. The van der Waals surface area contributed by atoms with Gasteiger partial charge in [0.05, 0.1) is 6.54 Å². The number of hydrogen-bond donors (Lipinski definition) is 0. The van der Waals surface area contributed by atoms with Crippen molar-refractivity contribution in [3.05, 3.63) is 35.9 Å². The van der Waals surface area contributed by atoms with Crippen LogP contribution in [0.5, 0.6) is 0 Å². The number of aliphatic imine (C=N–C) groups is 1. The van der Waals surface area contributed by atoms with Crippen molar-refractivity contribution in [3.63, 3.8) is 0 Å². The van der Waals surface area contributed by atoms with Gasteiger partial charge >= 0.3 is 0 Å². The molecule has 0 fully saturated rings. The van der Waals surface area contributed by atoms with Crippen molar-refractivity contribution in [1.29, 1.82) is 0 Å². The topological polar surface area (TPSA) is 49.7 Å². The van der Waals surface area contributed by atoms with Gasteiger partial charge in [-0.1, -0.05) is 18.2 Å². The van der Waals surface area contributed by atoms with Crippen molar-refractivity contribution < 1.29 is 9.59 Å². The van der Waals surface area contributed by atoms with E-state index in [2.05, 4.69) is 4.99 Å². The molecular weight excluding hydrogens is 216 g/mol. The summed E-state index contributed by atoms with van der Waals surface area (Å²) in [5.74, 6) is -0.172. The molecule has 1 aliphatic heterocycles. The average molecular weight is 230 g/mol. The Balaban J connectivity index is 2.24. The SMILES string of the molecule is CC(=O)C1C=NCCN1C(=O)c1ccccc1. The summed E-state index contributed by atoms with van der Waals surface area (Å²) in [4.78, 5) is 29.3. The van der Waals surface area contributed by atoms with Crippen LogP contribution in [0.1, 0.15) is 17.3 Å². The van der Waals surface area contributed by atoms with Crippen molar-refractivity contribution in [2.24, 2.45) is 4.99 Å². The normalized spacial score (nSPS) is 19.1. The van der Waals surface area contributed by atoms with E-state index in [-0.39, 0.29) is 11.7 Å². The lowest BCUT2D eigenvalue weighted by atomic mass is 10.1. The first-order chi connectivity index (χ1) is 8.20. The largest absolute Gasteiger partial charge is 0.322 e. The summed E-state index contributed by atoms with van der Waals surface area (Å²) in [6, 6.07) is 8.48. The Morgan fingerprint density at radius 1 is 1.29 bits per heavy atom. The Morgan fingerprint density at radius 3 is 2.65 bits per heavy atom. The van der Waals surface area contributed by atoms with Gasteiger partial charge in [0.25, 0.3) is 5.91 Å². The standard InChI is InChI=1S/C13H14N2O2/c1-10(16)12-9-14-7-8-15(12)13(17)11-5-3-2-4-6-11/h2-6,9,12H,7-8H2,1H3. The van der Waals surface area contributed by atoms with Crippen molar-refractivity contribution in [2.45, 2.75) is 13.0 Å². The molecule has 4 nitrogen and oxygen atoms in total. The molecule has 0 spiro atoms. The van der Waals surface area contributed by atoms with Gasteiger partial charge in [-0.2, -0.15) is 0 Å². The van der Waals surface area contributed by atoms with Gasteiger partial charge < -0.3 is 4.90 Å². The van der Waals surface area contributed by atoms with E-state index in [0.29, 0.717) is 18.7 Å². The van der Waals surface area contributed by atoms with E-state index in [4.69, 9.17) is 0 Å². The van der Waals surface area contributed by atoms with Crippen LogP contribution in [0.3, 0.4) is 0 Å². The highest BCUT2D eigenvalue weighted by Gasteiger charge is 2.28. The van der Waals surface area contributed by atoms with Gasteiger partial charge in [0.15, 0.2) is 5.78 Å². The van der Waals surface area contributed by atoms with Gasteiger partial charge in [-0.15, -0.1) is 0 Å². The van der Waals surface area contributed by atoms with Crippen LogP contribution < -0.4 is 0 Å². The number of hydrogen-bond acceptors (Lipinski definition) is 3. The molecule has 0 radical (unpaired) electrons. The number of ketones is 1. The molecule has 17 heavy (non-hydrogen) atoms. The molecule has 0 bridgehead atoms. The molecule has 1 heterocycles. The minimum atomic E-state index is -0.517. The van der Waals surface area contributed by atoms with Gasteiger partial charge in [0, 0.05) is 18.3 Å². The van der Waals surface area contributed by atoms with Gasteiger partial charge in [-0.05, 0) is 19.1 Å². The van der Waals surface area contributed by atoms with E-state index in [1.54, 1.807) is 23.2 Å². The highest BCUT2D eigenvalue weighted by molar-refractivity contribution is 6.04. The van der Waals surface area contributed by atoms with Crippen LogP contribution in [-0.2, 0) is 4.79 Å². The van der Waals surface area contributed by atoms with Crippen molar-refractivity contribution in [1.82, 2.24) is 4.90 Å². The molecule has 1 aromatic rings. The monoisotopic (exact) mass is 230 g/mol. The molecule has 1 atom stereocenters. The fourth-order valence-corrected chi connectivity index (χ4v) is 1.86. The summed E-state index contributed by atoms with van der Waals surface area (Å²) in [5, 5.41) is 0. The second kappa shape index (κ2) is 4.91. The van der Waals surface area contributed by atoms with Crippen LogP contribution in [-0.4, -0.2) is 41.9 Å². The van der Waals surface area contributed by atoms with E-state index in [1.165, 1.54) is 6.92 Å². The van der Waals surface area contributed by atoms with Gasteiger partial charge in [0.2, 0.25) is 0 Å². The van der Waals surface area contributed by atoms with Crippen LogP contribution in [0.15, 0.2) is 35.3 Å². The molecule has 0 saturated carbocycles. The van der Waals surface area contributed by atoms with Crippen molar-refractivity contribution in [2.75, 3.05) is 13.1 Å². The summed E-state index contributed by atoms with van der Waals surface area (Å²) in [6.45, 7) is 2.53. The fraction of sp³-hybridized carbons (Fsp3) is 0.308. The number of Topliss-reactive ketones (excluding diaryl/α,β-unsaturated/α-hetero) is 1. The zero-order valence-electron chi connectivity index (χ0n) is 9.67. The molecule has 2 rings (SSSR count). The highest BCUT2D eigenvalue weighted by atomic mass is 16.2. The summed E-state index contributed by atoms with van der Waals surface area (Å²) >= 11 is 0. The summed E-state index contributed by atoms with van der Waals surface area (Å²) in [7, 11) is 0. The smallest absolute Gasteiger partial charge is 0.254 e. The van der Waals surface area contributed by atoms with E-state index >= 15 is 0 Å². The minimum Gasteiger partial charge on any atom is -0.322 e. The van der Waals surface area contributed by atoms with Crippen LogP contribution in [0, 0.1) is 0 Å². The van der Waals surface area contributed by atoms with Crippen LogP contribution in [0.25, 0.3) is 0 Å². The first-order valence-corrected chi connectivity index (χ1v) is 5.56. The van der Waals surface area contributed by atoms with Crippen LogP contribution in [0.4, 0.5) is 0 Å². The fourth-order valence-electron chi connectivity index (χ4n) is 1.86. The molecule has 0 N–H and O–H groups in total. The second-order valence-electron chi connectivity index (χ2n) is 3.98.